The van der Waals surface area contributed by atoms with Crippen LogP contribution in [-0.2, 0) is 133 Å². The highest BCUT2D eigenvalue weighted by atomic mass is 16.8. The molecule has 12 fully saturated rings. The van der Waals surface area contributed by atoms with Crippen LogP contribution in [0.5, 0.6) is 0 Å². The molecule has 12 saturated heterocycles. The van der Waals surface area contributed by atoms with E-state index in [1.165, 1.54) is 6.92 Å². The normalized spacial score (nSPS) is 49.6. The smallest absolute Gasteiger partial charge is 0.217 e. The van der Waals surface area contributed by atoms with Crippen LogP contribution < -0.4 is 26.6 Å². The standard InChI is InChI=1S/C82H137N5O60/c1-18-40(101)52(113)58(119)76(128-18)126-17-34-67(47(108)35(71(124)129-34)83-19(2)96)140-73-37(85-21(4)98)49(110)66(31(14-95)135-73)144-80-62(123)68(145-82-70(56(117)44(105)27(10-91)133-82)147-75-39(87-23(6)100)51(112)65(30(13-94)137-75)143-79-61(122)55(116)43(104)26(9-90)132-79)46(107)33(138-80)16-127-81-69(146-74-38(86-22(5)99)50(111)64(29(12-93)136-74)142-78-60(121)54(115)42(103)25(8-89)131-78)57(118)45(106)32(139-81)15-125-72-36(84-20(3)97)48(109)63(28(11-92)134-72)141-77-59(120)53(114)41(102)24(7-88)130-77/h18,24-82,88-95,101-124H,7-17H2,1-6H3,(H,83,96)(H,84,97)(H,85,98)(H,86,99)(H,87,100)/t18-,24-,25-,26-,27-,28-,29-,30-,31-,32-,33-,34-,35-,36-,37-,38-,39-,40+,41+,42+,43+,44-,45-,46-,47-,48+,49-,50-,51-,52+,53+,54+,55+,56+,57+,58-,59-,60-,61-,62+,63-,64-,65-,66-,67-,68+,69+,70+,71-,72+,73+,74+,75+,76+,77+,78+,79+,80+,81+,82-/m1/s1. The molecule has 65 nitrogen and oxygen atoms in total. The lowest BCUT2D eigenvalue weighted by atomic mass is 9.93. The van der Waals surface area contributed by atoms with Gasteiger partial charge in [0, 0.05) is 34.6 Å². The summed E-state index contributed by atoms with van der Waals surface area (Å²) in [4.78, 5) is 65.6. The topological polar surface area (TPSA) is 1010 Å². The van der Waals surface area contributed by atoms with E-state index in [0.29, 0.717) is 0 Å². The van der Waals surface area contributed by atoms with E-state index in [-0.39, 0.29) is 0 Å². The molecule has 12 rings (SSSR count). The predicted octanol–water partition coefficient (Wildman–Crippen LogP) is -25.4. The second kappa shape index (κ2) is 52.8. The van der Waals surface area contributed by atoms with Crippen LogP contribution in [0.2, 0.25) is 0 Å². The van der Waals surface area contributed by atoms with Gasteiger partial charge in [0.1, 0.15) is 287 Å². The summed E-state index contributed by atoms with van der Waals surface area (Å²) in [5.74, 6) is -4.95. The Bertz CT molecular complexity index is 4110. The molecule has 60 atom stereocenters. The molecule has 0 aliphatic carbocycles. The highest BCUT2D eigenvalue weighted by molar-refractivity contribution is 5.75. The van der Waals surface area contributed by atoms with Crippen LogP contribution in [0.25, 0.3) is 0 Å². The maximum Gasteiger partial charge on any atom is 0.217 e. The summed E-state index contributed by atoms with van der Waals surface area (Å²) in [5.41, 5.74) is 0. The largest absolute Gasteiger partial charge is 0.394 e. The monoisotopic (exact) mass is 2150 g/mol. The van der Waals surface area contributed by atoms with E-state index in [0.717, 1.165) is 34.6 Å². The van der Waals surface area contributed by atoms with Crippen LogP contribution in [-0.4, -0.2) is 634 Å². The SMILES string of the molecule is CC(=O)N[C@@H]1[C@@H](O)[C@H](O[C@@H]2O[C@H](CO)[C@@H](O[C@@H]3O[C@H](CO[C@H]4O[C@H](CO[C@H]5O[C@H](CO)[C@@H](O[C@@H]6O[C@H](CO)[C@H](O)[C@H](O)[C@H]6O)[C@@H](O)[C@H]5NC(C)=O)[C@@H](O)[C@H](O)[C@@H]4O[C@@H]4O[C@H](CO)[C@@H](O[C@@H]5O[C@H](CO)[C@H](O)[C@H](O)[C@H]5O)[C@H](O)[C@H]4NC(C)=O)[C@@H](O)[C@H](O[C@H]4O[C@H](CO)[C@@H](O)[C@H](O)[C@@H]4O[C@@H]4O[C@H](CO)[C@@H](O[C@@H]5O[C@H](CO)[C@H](O)[C@H](O)[C@H]5O)[C@H](O)[C@H]4NC(C)=O)[C@@H]3O)[C@H](O)[C@H]2NC(C)=O)[C@@H](CO[C@H]2O[C@H](C)[C@H](O)[C@H](O)[C@H]2O)O[C@H]1O. The molecule has 0 aromatic heterocycles. The summed E-state index contributed by atoms with van der Waals surface area (Å²) in [6.45, 7) is -6.88. The first-order valence-corrected chi connectivity index (χ1v) is 47.0. The molecule has 850 valence electrons. The fourth-order valence-electron chi connectivity index (χ4n) is 19.1. The third-order valence-corrected chi connectivity index (χ3v) is 27.0. The van der Waals surface area contributed by atoms with Gasteiger partial charge in [0.15, 0.2) is 75.5 Å². The fourth-order valence-corrected chi connectivity index (χ4v) is 19.1. The Labute approximate surface area is 832 Å². The first kappa shape index (κ1) is 121. The van der Waals surface area contributed by atoms with E-state index in [1.54, 1.807) is 0 Å². The van der Waals surface area contributed by atoms with E-state index < -0.39 is 470 Å². The summed E-state index contributed by atoms with van der Waals surface area (Å²) < 4.78 is 138. The average Bonchev–Trinajstić information content (AvgIpc) is 0.766. The van der Waals surface area contributed by atoms with Gasteiger partial charge >= 0.3 is 0 Å². The van der Waals surface area contributed by atoms with Crippen LogP contribution in [0.15, 0.2) is 0 Å². The van der Waals surface area contributed by atoms with Crippen LogP contribution in [0.1, 0.15) is 41.5 Å². The predicted molar refractivity (Wildman–Crippen MR) is 452 cm³/mol. The van der Waals surface area contributed by atoms with Gasteiger partial charge in [0.25, 0.3) is 0 Å². The minimum atomic E-state index is -2.75. The van der Waals surface area contributed by atoms with Gasteiger partial charge in [-0.1, -0.05) is 0 Å². The van der Waals surface area contributed by atoms with E-state index in [9.17, 15) is 187 Å². The van der Waals surface area contributed by atoms with E-state index >= 15 is 0 Å². The number of rotatable bonds is 38. The van der Waals surface area contributed by atoms with Gasteiger partial charge in [-0.2, -0.15) is 0 Å². The maximum absolute atomic E-state index is 13.5. The molecule has 37 N–H and O–H groups in total. The zero-order chi connectivity index (χ0) is 108. The van der Waals surface area contributed by atoms with Gasteiger partial charge in [-0.15, -0.1) is 0 Å². The molecule has 12 aliphatic heterocycles. The molecule has 0 spiro atoms. The number of hydrogen-bond acceptors (Lipinski definition) is 60. The second-order valence-corrected chi connectivity index (χ2v) is 37.4. The lowest BCUT2D eigenvalue weighted by Crippen LogP contribution is -2.71. The first-order valence-electron chi connectivity index (χ1n) is 47.0. The number of carbonyl (C=O) groups is 5. The summed E-state index contributed by atoms with van der Waals surface area (Å²) >= 11 is 0. The zero-order valence-electron chi connectivity index (χ0n) is 79.2. The summed E-state index contributed by atoms with van der Waals surface area (Å²) in [7, 11) is 0. The Morgan fingerprint density at radius 3 is 0.789 bits per heavy atom. The Hall–Kier alpha value is -4.85. The Morgan fingerprint density at radius 2 is 0.422 bits per heavy atom. The highest BCUT2D eigenvalue weighted by Gasteiger charge is 2.63. The van der Waals surface area contributed by atoms with E-state index in [1.807, 2.05) is 0 Å². The number of ether oxygens (including phenoxy) is 23. The maximum atomic E-state index is 13.5. The van der Waals surface area contributed by atoms with Gasteiger partial charge in [0.05, 0.1) is 78.8 Å². The van der Waals surface area contributed by atoms with Gasteiger partial charge in [-0.3, -0.25) is 24.0 Å². The van der Waals surface area contributed by atoms with Crippen molar-refractivity contribution in [1.82, 2.24) is 26.6 Å². The minimum Gasteiger partial charge on any atom is -0.394 e. The molecule has 0 radical (unpaired) electrons. The molecule has 12 aliphatic rings. The van der Waals surface area contributed by atoms with Crippen molar-refractivity contribution >= 4 is 29.5 Å². The number of hydrogen-bond donors (Lipinski definition) is 37. The lowest BCUT2D eigenvalue weighted by Gasteiger charge is -2.51. The second-order valence-electron chi connectivity index (χ2n) is 37.4. The first-order chi connectivity index (χ1) is 69.5. The molecular formula is C82H137N5O60. The Kier molecular flexibility index (Phi) is 43.4. The Morgan fingerprint density at radius 1 is 0.190 bits per heavy atom. The van der Waals surface area contributed by atoms with Crippen molar-refractivity contribution in [2.24, 2.45) is 0 Å². The van der Waals surface area contributed by atoms with Crippen molar-refractivity contribution in [2.45, 2.75) is 410 Å². The third-order valence-electron chi connectivity index (χ3n) is 27.0. The van der Waals surface area contributed by atoms with Crippen LogP contribution >= 0.6 is 0 Å². The summed E-state index contributed by atoms with van der Waals surface area (Å²) in [6.07, 6.45) is -118. The van der Waals surface area contributed by atoms with Crippen molar-refractivity contribution in [2.75, 3.05) is 72.7 Å². The van der Waals surface area contributed by atoms with Crippen molar-refractivity contribution in [3.8, 4) is 0 Å². The van der Waals surface area contributed by atoms with Crippen molar-refractivity contribution < 1.29 is 296 Å². The number of nitrogens with one attached hydrogen (secondary N) is 5. The molecule has 0 bridgehead atoms. The third kappa shape index (κ3) is 27.0. The van der Waals surface area contributed by atoms with Gasteiger partial charge in [-0.05, 0) is 6.92 Å². The highest BCUT2D eigenvalue weighted by Crippen LogP contribution is 2.42. The number of carbonyl (C=O) groups excluding carboxylic acids is 5. The lowest BCUT2D eigenvalue weighted by molar-refractivity contribution is -0.399. The van der Waals surface area contributed by atoms with Gasteiger partial charge < -0.3 is 299 Å². The zero-order valence-corrected chi connectivity index (χ0v) is 79.2. The van der Waals surface area contributed by atoms with Crippen molar-refractivity contribution in [1.29, 1.82) is 0 Å². The van der Waals surface area contributed by atoms with Gasteiger partial charge in [-0.25, -0.2) is 0 Å². The average molecular weight is 2150 g/mol. The van der Waals surface area contributed by atoms with Gasteiger partial charge in [0.2, 0.25) is 29.5 Å². The molecule has 147 heavy (non-hydrogen) atoms. The minimum absolute atomic E-state index is 0.883. The molecule has 0 unspecified atom stereocenters. The molecule has 0 aromatic rings. The number of amides is 5. The van der Waals surface area contributed by atoms with Crippen molar-refractivity contribution in [3.05, 3.63) is 0 Å². The van der Waals surface area contributed by atoms with Crippen molar-refractivity contribution in [3.63, 3.8) is 0 Å². The quantitative estimate of drug-likeness (QED) is 0.0273. The Balaban J connectivity index is 0.913. The van der Waals surface area contributed by atoms with Crippen LogP contribution in [0.3, 0.4) is 0 Å². The van der Waals surface area contributed by atoms with Crippen LogP contribution in [0.4, 0.5) is 0 Å². The molecule has 5 amide bonds. The summed E-state index contributed by atoms with van der Waals surface area (Å²) in [5, 5.41) is 373. The van der Waals surface area contributed by atoms with E-state index in [2.05, 4.69) is 26.6 Å². The number of aliphatic hydroxyl groups excluding tert-OH is 32. The van der Waals surface area contributed by atoms with E-state index in [4.69, 9.17) is 109 Å². The molecular weight excluding hydrogens is 2010 g/mol. The molecule has 12 heterocycles. The van der Waals surface area contributed by atoms with Crippen LogP contribution in [0, 0.1) is 0 Å². The summed E-state index contributed by atoms with van der Waals surface area (Å²) in [6, 6.07) is -9.96. The number of aliphatic hydroxyl groups is 32. The molecule has 65 heteroatoms. The fraction of sp³-hybridized carbons (Fsp3) is 0.939. The molecule has 0 saturated carbocycles. The molecule has 0 aromatic carbocycles.